The lowest BCUT2D eigenvalue weighted by molar-refractivity contribution is -0.154. The van der Waals surface area contributed by atoms with Gasteiger partial charge in [0, 0.05) is 13.0 Å². The summed E-state index contributed by atoms with van der Waals surface area (Å²) in [4.78, 5) is 33.6. The van der Waals surface area contributed by atoms with E-state index >= 15 is 0 Å². The first-order valence-corrected chi connectivity index (χ1v) is 25.5. The van der Waals surface area contributed by atoms with Gasteiger partial charge in [-0.3, -0.25) is 18.6 Å². The van der Waals surface area contributed by atoms with Crippen LogP contribution in [0.5, 0.6) is 0 Å². The third-order valence-corrected chi connectivity index (χ3v) is 11.4. The minimum atomic E-state index is -4.62. The fourth-order valence-electron chi connectivity index (χ4n) is 6.67. The standard InChI is InChI=1S/C48H90NO9P/c1-3-5-7-9-11-13-15-17-19-21-22-23-24-25-26-28-30-32-34-36-38-40-47(50)58-45(43-56-59(53,54)57-44-46(49)48(51)52)42-55-41-39-37-35-33-31-29-27-20-18-16-14-12-10-8-6-4-2/h15,17,21-22,24-25,45-46H,3-14,16,18-20,23,26-44,49H2,1-2H3,(H,51,52)(H,53,54)/b17-15-,22-21-,25-24-. The molecule has 11 heteroatoms. The molecule has 0 aromatic rings. The van der Waals surface area contributed by atoms with E-state index in [0.29, 0.717) is 13.0 Å². The van der Waals surface area contributed by atoms with E-state index in [9.17, 15) is 19.0 Å². The van der Waals surface area contributed by atoms with Crippen molar-refractivity contribution in [1.29, 1.82) is 0 Å². The van der Waals surface area contributed by atoms with Gasteiger partial charge in [-0.2, -0.15) is 0 Å². The second kappa shape index (κ2) is 44.3. The molecule has 0 aliphatic rings. The average molecular weight is 856 g/mol. The SMILES string of the molecule is CCCCCCC/C=C\C/C=C\C/C=C\CCCCCCCCC(=O)OC(COCCCCCCCCCCCCCCCCCC)COP(=O)(O)OCC(N)C(=O)O. The molecule has 0 saturated carbocycles. The van der Waals surface area contributed by atoms with Crippen LogP contribution in [0.4, 0.5) is 0 Å². The number of phosphoric acid groups is 1. The predicted molar refractivity (Wildman–Crippen MR) is 245 cm³/mol. The number of nitrogens with two attached hydrogens (primary N) is 1. The van der Waals surface area contributed by atoms with E-state index < -0.39 is 45.1 Å². The highest BCUT2D eigenvalue weighted by Crippen LogP contribution is 2.43. The number of phosphoric ester groups is 1. The molecule has 0 radical (unpaired) electrons. The van der Waals surface area contributed by atoms with Crippen molar-refractivity contribution in [2.75, 3.05) is 26.4 Å². The Bertz CT molecular complexity index is 1080. The Labute approximate surface area is 361 Å². The molecule has 0 heterocycles. The third-order valence-electron chi connectivity index (χ3n) is 10.4. The van der Waals surface area contributed by atoms with E-state index in [0.717, 1.165) is 70.6 Å². The Hall–Kier alpha value is -1.81. The Balaban J connectivity index is 4.20. The van der Waals surface area contributed by atoms with Crippen molar-refractivity contribution in [3.8, 4) is 0 Å². The van der Waals surface area contributed by atoms with E-state index in [2.05, 4.69) is 50.3 Å². The maximum Gasteiger partial charge on any atom is 0.472 e. The van der Waals surface area contributed by atoms with Crippen LogP contribution in [0.3, 0.4) is 0 Å². The maximum atomic E-state index is 12.7. The molecular weight excluding hydrogens is 766 g/mol. The predicted octanol–water partition coefficient (Wildman–Crippen LogP) is 13.7. The summed E-state index contributed by atoms with van der Waals surface area (Å²) >= 11 is 0. The van der Waals surface area contributed by atoms with Crippen LogP contribution in [0.15, 0.2) is 36.5 Å². The van der Waals surface area contributed by atoms with Crippen molar-refractivity contribution in [2.24, 2.45) is 5.73 Å². The molecule has 0 fully saturated rings. The largest absolute Gasteiger partial charge is 0.480 e. The first-order chi connectivity index (χ1) is 28.7. The fraction of sp³-hybridized carbons (Fsp3) is 0.833. The molecule has 0 rings (SSSR count). The highest BCUT2D eigenvalue weighted by Gasteiger charge is 2.27. The van der Waals surface area contributed by atoms with Gasteiger partial charge in [-0.25, -0.2) is 4.57 Å². The van der Waals surface area contributed by atoms with Gasteiger partial charge in [0.2, 0.25) is 0 Å². The Morgan fingerprint density at radius 2 is 0.932 bits per heavy atom. The van der Waals surface area contributed by atoms with E-state index in [1.165, 1.54) is 122 Å². The lowest BCUT2D eigenvalue weighted by Crippen LogP contribution is -2.34. The number of aliphatic carboxylic acids is 1. The van der Waals surface area contributed by atoms with Crippen molar-refractivity contribution in [1.82, 2.24) is 0 Å². The van der Waals surface area contributed by atoms with Crippen molar-refractivity contribution in [2.45, 2.75) is 231 Å². The first kappa shape index (κ1) is 57.2. The fourth-order valence-corrected chi connectivity index (χ4v) is 7.45. The molecule has 3 unspecified atom stereocenters. The van der Waals surface area contributed by atoms with Crippen LogP contribution < -0.4 is 5.73 Å². The highest BCUT2D eigenvalue weighted by atomic mass is 31.2. The zero-order valence-electron chi connectivity index (χ0n) is 37.9. The second-order valence-corrected chi connectivity index (χ2v) is 17.7. The quantitative estimate of drug-likeness (QED) is 0.0233. The van der Waals surface area contributed by atoms with E-state index in [1.807, 2.05) is 0 Å². The number of unbranched alkanes of at least 4 members (excludes halogenated alkanes) is 26. The molecule has 0 bridgehead atoms. The molecule has 0 saturated heterocycles. The summed E-state index contributed by atoms with van der Waals surface area (Å²) in [5, 5.41) is 8.91. The molecule has 0 aliphatic heterocycles. The van der Waals surface area contributed by atoms with Gasteiger partial charge >= 0.3 is 19.8 Å². The number of carboxylic acids is 1. The van der Waals surface area contributed by atoms with Crippen molar-refractivity contribution >= 4 is 19.8 Å². The average Bonchev–Trinajstić information content (AvgIpc) is 3.21. The van der Waals surface area contributed by atoms with Crippen LogP contribution in [-0.2, 0) is 32.7 Å². The zero-order valence-corrected chi connectivity index (χ0v) is 38.7. The normalized spacial score (nSPS) is 14.1. The molecule has 3 atom stereocenters. The Morgan fingerprint density at radius 1 is 0.542 bits per heavy atom. The summed E-state index contributed by atoms with van der Waals surface area (Å²) in [6.45, 7) is 3.89. The number of carbonyl (C=O) groups is 2. The summed E-state index contributed by atoms with van der Waals surface area (Å²) < 4.78 is 33.4. The molecule has 59 heavy (non-hydrogen) atoms. The van der Waals surface area contributed by atoms with Gasteiger partial charge in [0.25, 0.3) is 0 Å². The van der Waals surface area contributed by atoms with Gasteiger partial charge in [-0.1, -0.05) is 198 Å². The summed E-state index contributed by atoms with van der Waals surface area (Å²) in [5.74, 6) is -1.79. The van der Waals surface area contributed by atoms with Crippen molar-refractivity contribution < 1.29 is 42.7 Å². The van der Waals surface area contributed by atoms with E-state index in [1.54, 1.807) is 0 Å². The maximum absolute atomic E-state index is 12.7. The first-order valence-electron chi connectivity index (χ1n) is 24.0. The lowest BCUT2D eigenvalue weighted by Gasteiger charge is -2.20. The molecule has 0 aliphatic carbocycles. The number of esters is 1. The summed E-state index contributed by atoms with van der Waals surface area (Å²) in [5.41, 5.74) is 5.36. The zero-order chi connectivity index (χ0) is 43.3. The highest BCUT2D eigenvalue weighted by molar-refractivity contribution is 7.47. The Morgan fingerprint density at radius 3 is 1.39 bits per heavy atom. The number of hydrogen-bond acceptors (Lipinski definition) is 8. The minimum absolute atomic E-state index is 0.0144. The van der Waals surface area contributed by atoms with Crippen LogP contribution in [-0.4, -0.2) is 60.5 Å². The van der Waals surface area contributed by atoms with Crippen LogP contribution in [0, 0.1) is 0 Å². The van der Waals surface area contributed by atoms with Crippen LogP contribution in [0.1, 0.15) is 219 Å². The molecule has 0 aromatic heterocycles. The number of ether oxygens (including phenoxy) is 2. The monoisotopic (exact) mass is 856 g/mol. The van der Waals surface area contributed by atoms with Gasteiger partial charge in [0.15, 0.2) is 0 Å². The molecular formula is C48H90NO9P. The number of carboxylic acid groups (broad SMARTS) is 1. The van der Waals surface area contributed by atoms with Gasteiger partial charge in [-0.15, -0.1) is 0 Å². The molecule has 4 N–H and O–H groups in total. The second-order valence-electron chi connectivity index (χ2n) is 16.2. The van der Waals surface area contributed by atoms with Crippen LogP contribution in [0.2, 0.25) is 0 Å². The molecule has 346 valence electrons. The van der Waals surface area contributed by atoms with Crippen molar-refractivity contribution in [3.63, 3.8) is 0 Å². The molecule has 0 aromatic carbocycles. The number of hydrogen-bond donors (Lipinski definition) is 3. The van der Waals surface area contributed by atoms with E-state index in [-0.39, 0.29) is 13.0 Å². The number of rotatable bonds is 46. The molecule has 10 nitrogen and oxygen atoms in total. The van der Waals surface area contributed by atoms with Gasteiger partial charge < -0.3 is 25.2 Å². The lowest BCUT2D eigenvalue weighted by atomic mass is 10.0. The summed E-state index contributed by atoms with van der Waals surface area (Å²) in [6.07, 6.45) is 50.5. The van der Waals surface area contributed by atoms with Crippen LogP contribution >= 0.6 is 7.82 Å². The van der Waals surface area contributed by atoms with Gasteiger partial charge in [0.1, 0.15) is 12.1 Å². The number of allylic oxidation sites excluding steroid dienone is 6. The van der Waals surface area contributed by atoms with Gasteiger partial charge in [-0.05, 0) is 51.4 Å². The summed E-state index contributed by atoms with van der Waals surface area (Å²) in [7, 11) is -4.62. The molecule has 0 spiro atoms. The number of carbonyl (C=O) groups excluding carboxylic acids is 1. The summed E-state index contributed by atoms with van der Waals surface area (Å²) in [6, 6.07) is -1.47. The smallest absolute Gasteiger partial charge is 0.472 e. The molecule has 0 amide bonds. The minimum Gasteiger partial charge on any atom is -0.480 e. The van der Waals surface area contributed by atoms with Gasteiger partial charge in [0.05, 0.1) is 19.8 Å². The van der Waals surface area contributed by atoms with Crippen molar-refractivity contribution in [3.05, 3.63) is 36.5 Å². The van der Waals surface area contributed by atoms with E-state index in [4.69, 9.17) is 29.4 Å². The Kier molecular flexibility index (Phi) is 42.9. The third kappa shape index (κ3) is 44.1. The topological polar surface area (TPSA) is 155 Å². The van der Waals surface area contributed by atoms with Crippen LogP contribution in [0.25, 0.3) is 0 Å².